The van der Waals surface area contributed by atoms with Crippen LogP contribution in [0.15, 0.2) is 42.5 Å². The highest BCUT2D eigenvalue weighted by Crippen LogP contribution is 2.38. The van der Waals surface area contributed by atoms with Gasteiger partial charge < -0.3 is 24.8 Å². The molecule has 0 fully saturated rings. The van der Waals surface area contributed by atoms with Crippen LogP contribution in [0.5, 0.6) is 17.2 Å². The number of carbonyl (C=O) groups excluding carboxylic acids is 2. The van der Waals surface area contributed by atoms with Crippen LogP contribution in [-0.4, -0.2) is 33.1 Å². The summed E-state index contributed by atoms with van der Waals surface area (Å²) in [5, 5.41) is 5.07. The third-order valence-corrected chi connectivity index (χ3v) is 3.46. The molecule has 2 amide bonds. The summed E-state index contributed by atoms with van der Waals surface area (Å²) in [4.78, 5) is 24.2. The fourth-order valence-corrected chi connectivity index (χ4v) is 2.16. The van der Waals surface area contributed by atoms with E-state index in [9.17, 15) is 9.59 Å². The maximum Gasteiger partial charge on any atom is 0.313 e. The fourth-order valence-electron chi connectivity index (χ4n) is 2.16. The lowest BCUT2D eigenvalue weighted by Gasteiger charge is -2.15. The zero-order valence-corrected chi connectivity index (χ0v) is 14.3. The lowest BCUT2D eigenvalue weighted by atomic mass is 10.2. The average Bonchev–Trinajstić information content (AvgIpc) is 2.66. The summed E-state index contributed by atoms with van der Waals surface area (Å²) in [5.74, 6) is -0.442. The van der Waals surface area contributed by atoms with Crippen LogP contribution in [0.4, 0.5) is 5.69 Å². The van der Waals surface area contributed by atoms with Gasteiger partial charge in [0.15, 0.2) is 0 Å². The summed E-state index contributed by atoms with van der Waals surface area (Å²) >= 11 is 0. The number of amides is 2. The molecule has 0 atom stereocenters. The third-order valence-electron chi connectivity index (χ3n) is 3.46. The van der Waals surface area contributed by atoms with Crippen molar-refractivity contribution < 1.29 is 23.8 Å². The molecule has 0 heterocycles. The number of hydrogen-bond donors (Lipinski definition) is 2. The molecule has 2 aromatic rings. The molecule has 132 valence electrons. The summed E-state index contributed by atoms with van der Waals surface area (Å²) in [6.07, 6.45) is 0. The van der Waals surface area contributed by atoms with Gasteiger partial charge in [-0.05, 0) is 5.56 Å². The topological polar surface area (TPSA) is 85.9 Å². The molecule has 2 rings (SSSR count). The SMILES string of the molecule is COc1cc(OC)c(NC(=O)C(=O)NCc2ccccc2)c(OC)c1. The number of methoxy groups -OCH3 is 3. The predicted molar refractivity (Wildman–Crippen MR) is 93.0 cm³/mol. The molecule has 25 heavy (non-hydrogen) atoms. The smallest absolute Gasteiger partial charge is 0.313 e. The second-order valence-electron chi connectivity index (χ2n) is 5.03. The summed E-state index contributed by atoms with van der Waals surface area (Å²) < 4.78 is 15.6. The van der Waals surface area contributed by atoms with Gasteiger partial charge in [0.2, 0.25) is 0 Å². The van der Waals surface area contributed by atoms with E-state index in [4.69, 9.17) is 14.2 Å². The molecule has 0 aliphatic rings. The molecule has 7 heteroatoms. The Kier molecular flexibility index (Phi) is 6.22. The van der Waals surface area contributed by atoms with E-state index in [1.54, 1.807) is 12.1 Å². The number of nitrogens with one attached hydrogen (secondary N) is 2. The Morgan fingerprint density at radius 1 is 0.880 bits per heavy atom. The Bertz CT molecular complexity index is 721. The van der Waals surface area contributed by atoms with E-state index in [1.165, 1.54) is 21.3 Å². The molecule has 0 saturated heterocycles. The summed E-state index contributed by atoms with van der Waals surface area (Å²) in [6.45, 7) is 0.254. The van der Waals surface area contributed by atoms with Gasteiger partial charge in [0.25, 0.3) is 0 Å². The number of anilines is 1. The van der Waals surface area contributed by atoms with E-state index in [2.05, 4.69) is 10.6 Å². The fraction of sp³-hybridized carbons (Fsp3) is 0.222. The van der Waals surface area contributed by atoms with Gasteiger partial charge in [0.05, 0.1) is 21.3 Å². The van der Waals surface area contributed by atoms with Gasteiger partial charge >= 0.3 is 11.8 Å². The van der Waals surface area contributed by atoms with Crippen LogP contribution in [-0.2, 0) is 16.1 Å². The van der Waals surface area contributed by atoms with Crippen molar-refractivity contribution in [1.29, 1.82) is 0 Å². The van der Waals surface area contributed by atoms with Crippen LogP contribution in [0.25, 0.3) is 0 Å². The van der Waals surface area contributed by atoms with Gasteiger partial charge in [-0.1, -0.05) is 30.3 Å². The van der Waals surface area contributed by atoms with Crippen LogP contribution in [0.2, 0.25) is 0 Å². The van der Waals surface area contributed by atoms with Gasteiger partial charge in [-0.15, -0.1) is 0 Å². The molecule has 0 aromatic heterocycles. The van der Waals surface area contributed by atoms with Gasteiger partial charge in [-0.25, -0.2) is 0 Å². The average molecular weight is 344 g/mol. The van der Waals surface area contributed by atoms with Crippen molar-refractivity contribution in [2.75, 3.05) is 26.6 Å². The second kappa shape index (κ2) is 8.58. The number of ether oxygens (including phenoxy) is 3. The molecule has 7 nitrogen and oxygen atoms in total. The molecule has 0 radical (unpaired) electrons. The number of hydrogen-bond acceptors (Lipinski definition) is 5. The van der Waals surface area contributed by atoms with Crippen molar-refractivity contribution in [3.8, 4) is 17.2 Å². The van der Waals surface area contributed by atoms with Gasteiger partial charge in [0.1, 0.15) is 22.9 Å². The Labute approximate surface area is 145 Å². The van der Waals surface area contributed by atoms with Crippen molar-refractivity contribution in [3.05, 3.63) is 48.0 Å². The summed E-state index contributed by atoms with van der Waals surface area (Å²) in [7, 11) is 4.39. The van der Waals surface area contributed by atoms with Gasteiger partial charge in [-0.3, -0.25) is 9.59 Å². The molecule has 2 aromatic carbocycles. The Balaban J connectivity index is 2.10. The molecular weight excluding hydrogens is 324 g/mol. The maximum absolute atomic E-state index is 12.2. The van der Waals surface area contributed by atoms with Crippen LogP contribution >= 0.6 is 0 Å². The molecule has 2 N–H and O–H groups in total. The van der Waals surface area contributed by atoms with Crippen LogP contribution in [0.3, 0.4) is 0 Å². The summed E-state index contributed by atoms with van der Waals surface area (Å²) in [6, 6.07) is 12.5. The zero-order valence-electron chi connectivity index (χ0n) is 14.3. The summed E-state index contributed by atoms with van der Waals surface area (Å²) in [5.41, 5.74) is 1.15. The minimum Gasteiger partial charge on any atom is -0.496 e. The lowest BCUT2D eigenvalue weighted by molar-refractivity contribution is -0.136. The molecule has 0 saturated carbocycles. The molecule has 0 spiro atoms. The first-order chi connectivity index (χ1) is 12.1. The van der Waals surface area contributed by atoms with Crippen molar-refractivity contribution in [3.63, 3.8) is 0 Å². The van der Waals surface area contributed by atoms with E-state index in [0.29, 0.717) is 17.2 Å². The monoisotopic (exact) mass is 344 g/mol. The van der Waals surface area contributed by atoms with E-state index in [1.807, 2.05) is 30.3 Å². The molecular formula is C18H20N2O5. The third kappa shape index (κ3) is 4.63. The maximum atomic E-state index is 12.2. The van der Waals surface area contributed by atoms with Crippen molar-refractivity contribution in [1.82, 2.24) is 5.32 Å². The lowest BCUT2D eigenvalue weighted by Crippen LogP contribution is -2.35. The minimum atomic E-state index is -0.822. The van der Waals surface area contributed by atoms with Crippen molar-refractivity contribution in [2.24, 2.45) is 0 Å². The van der Waals surface area contributed by atoms with Gasteiger partial charge in [0, 0.05) is 18.7 Å². The van der Waals surface area contributed by atoms with E-state index in [0.717, 1.165) is 5.56 Å². The minimum absolute atomic E-state index is 0.254. The predicted octanol–water partition coefficient (Wildman–Crippen LogP) is 1.97. The van der Waals surface area contributed by atoms with E-state index < -0.39 is 11.8 Å². The van der Waals surface area contributed by atoms with E-state index >= 15 is 0 Å². The first-order valence-electron chi connectivity index (χ1n) is 7.52. The zero-order chi connectivity index (χ0) is 18.2. The highest BCUT2D eigenvalue weighted by Gasteiger charge is 2.20. The van der Waals surface area contributed by atoms with Crippen molar-refractivity contribution in [2.45, 2.75) is 6.54 Å². The Hall–Kier alpha value is -3.22. The van der Waals surface area contributed by atoms with Crippen LogP contribution in [0, 0.1) is 0 Å². The molecule has 0 aliphatic heterocycles. The standard InChI is InChI=1S/C18H20N2O5/c1-23-13-9-14(24-2)16(15(10-13)25-3)20-18(22)17(21)19-11-12-7-5-4-6-8-12/h4-10H,11H2,1-3H3,(H,19,21)(H,20,22). The van der Waals surface area contributed by atoms with E-state index in [-0.39, 0.29) is 12.2 Å². The highest BCUT2D eigenvalue weighted by molar-refractivity contribution is 6.40. The first kappa shape index (κ1) is 18.1. The molecule has 0 bridgehead atoms. The molecule has 0 aliphatic carbocycles. The molecule has 0 unspecified atom stereocenters. The largest absolute Gasteiger partial charge is 0.496 e. The van der Waals surface area contributed by atoms with Crippen molar-refractivity contribution >= 4 is 17.5 Å². The highest BCUT2D eigenvalue weighted by atomic mass is 16.5. The number of benzene rings is 2. The first-order valence-corrected chi connectivity index (χ1v) is 7.52. The quantitative estimate of drug-likeness (QED) is 0.783. The normalized spacial score (nSPS) is 9.88. The van der Waals surface area contributed by atoms with Gasteiger partial charge in [-0.2, -0.15) is 0 Å². The second-order valence-corrected chi connectivity index (χ2v) is 5.03. The Morgan fingerprint density at radius 2 is 1.48 bits per heavy atom. The number of carbonyl (C=O) groups is 2. The van der Waals surface area contributed by atoms with Crippen LogP contribution in [0.1, 0.15) is 5.56 Å². The Morgan fingerprint density at radius 3 is 2.00 bits per heavy atom. The number of rotatable bonds is 6. The van der Waals surface area contributed by atoms with Crippen LogP contribution < -0.4 is 24.8 Å².